The third kappa shape index (κ3) is 19.9. The van der Waals surface area contributed by atoms with Crippen LogP contribution in [0, 0.1) is 36.4 Å². The summed E-state index contributed by atoms with van der Waals surface area (Å²) in [7, 11) is 0. The van der Waals surface area contributed by atoms with Crippen LogP contribution in [0.2, 0.25) is 0 Å². The van der Waals surface area contributed by atoms with Crippen LogP contribution in [0.3, 0.4) is 0 Å². The Bertz CT molecular complexity index is 7370. The number of nitrogens with zero attached hydrogens (tertiary/aromatic N) is 10. The topological polar surface area (TPSA) is 97.1 Å². The molecule has 15 aromatic carbocycles. The van der Waals surface area contributed by atoms with Crippen molar-refractivity contribution in [3.05, 3.63) is 458 Å². The fourth-order valence-corrected chi connectivity index (χ4v) is 21.4. The maximum absolute atomic E-state index is 5.31. The predicted molar refractivity (Wildman–Crippen MR) is 603 cm³/mol. The van der Waals surface area contributed by atoms with E-state index in [9.17, 15) is 0 Å². The summed E-state index contributed by atoms with van der Waals surface area (Å²) in [5.74, 6) is 5.67. The van der Waals surface area contributed by atoms with Gasteiger partial charge in [0.05, 0.1) is 23.3 Å². The van der Waals surface area contributed by atoms with E-state index in [2.05, 4.69) is 494 Å². The summed E-state index contributed by atoms with van der Waals surface area (Å²) in [4.78, 5) is 30.4. The van der Waals surface area contributed by atoms with Gasteiger partial charge in [-0.05, 0) is 207 Å². The molecule has 0 unspecified atom stereocenters. The van der Waals surface area contributed by atoms with Gasteiger partial charge in [0.15, 0.2) is 0 Å². The van der Waals surface area contributed by atoms with E-state index in [1.54, 1.807) is 6.20 Å². The third-order valence-corrected chi connectivity index (χ3v) is 28.7. The molecule has 0 aliphatic heterocycles. The summed E-state index contributed by atoms with van der Waals surface area (Å²) >= 11 is 0. The van der Waals surface area contributed by atoms with Gasteiger partial charge < -0.3 is 28.2 Å². The molecule has 0 spiro atoms. The SMILES string of the molecule is CC(C)c1cccc(C(C)C)c1-n1ccnc1-c1[c-]cc(-c2ccccc2-c2cc(-c3ccccc3-c3c[c-]c(-c4nccn4-c4c(C(C)C)cccc4C(C)C)cc3)cc(-c3cccc(-c4cc(-c5ccccc5-c5c[c-]c(-c6nccn6-c6c(C(C)C)cccc6C(C)C)cc5)cc(-c5ccccc5-c5c[c-]c(-c6nccn6-c6c(C(C)C)cccc6C(C)C)cc5)c4)c3-c3c[c-]c(-c4[c-]cccn4)nc3)c2)cc1.[Ir+3].[Ir+3]. The summed E-state index contributed by atoms with van der Waals surface area (Å²) in [5.41, 5.74) is 42.0. The van der Waals surface area contributed by atoms with Crippen LogP contribution in [0.5, 0.6) is 0 Å². The number of para-hydroxylation sites is 4. The quantitative estimate of drug-likeness (QED) is 0.0453. The molecule has 0 aliphatic carbocycles. The van der Waals surface area contributed by atoms with Crippen molar-refractivity contribution in [2.75, 3.05) is 0 Å². The zero-order valence-corrected chi connectivity index (χ0v) is 91.3. The summed E-state index contributed by atoms with van der Waals surface area (Å²) in [6.45, 7) is 36.3. The van der Waals surface area contributed by atoms with Crippen molar-refractivity contribution in [1.82, 2.24) is 48.2 Å². The zero-order chi connectivity index (χ0) is 101. The molecule has 21 aromatic rings. The molecule has 0 radical (unpaired) electrons. The molecule has 148 heavy (non-hydrogen) atoms. The second-order valence-electron chi connectivity index (χ2n) is 40.8. The smallest absolute Gasteiger partial charge is 0.357 e. The van der Waals surface area contributed by atoms with Gasteiger partial charge >= 0.3 is 40.2 Å². The first-order valence-electron chi connectivity index (χ1n) is 51.4. The standard InChI is InChI=1S/C136H118N10.2Ir/c1-85(2)108-40-27-41-109(86(3)4)129(108)143-74-70-138-133(143)97-59-51-93(52-60-97)116-32-17-21-36-120(116)102-78-103(121-37-22-18-33-117(121)94-53-61-98(62-54-94)134-139-71-75-144(134)130-110(87(5)6)42-28-43-111(130)88(7)8)81-106(80-102)124-48-31-49-125(128(124)101-67-68-127(142-84-101)126-50-25-26-69-137-126)107-82-104(122-38-23-19-34-118(122)95-55-63-99(64-56-95)135-140-72-76-145(135)131-112(89(9)10)44-29-45-113(131)90(11)12)79-105(83-107)123-39-24-20-35-119(123)96-57-65-100(66-58-96)136-141-73-77-146(136)132-114(91(13)14)46-30-47-115(132)92(15)16;;/h17-49,51-59,61,63,65,67,69-92H,1-16H3;;/q-6;2*+3. The molecule has 21 rings (SSSR count). The fraction of sp³-hybridized carbons (Fsp3) is 0.176. The molecule has 0 atom stereocenters. The van der Waals surface area contributed by atoms with Crippen LogP contribution in [-0.2, 0) is 40.2 Å². The van der Waals surface area contributed by atoms with Crippen LogP contribution in [0.1, 0.15) is 203 Å². The molecular formula is C136H118Ir2N10. The number of imidazole rings is 4. The van der Waals surface area contributed by atoms with Gasteiger partial charge in [0.2, 0.25) is 0 Å². The Morgan fingerprint density at radius 1 is 0.196 bits per heavy atom. The van der Waals surface area contributed by atoms with Crippen molar-refractivity contribution in [1.29, 1.82) is 0 Å². The average Bonchev–Trinajstić information content (AvgIpc) is 1.11. The number of hydrogen-bond acceptors (Lipinski definition) is 6. The third-order valence-electron chi connectivity index (χ3n) is 28.7. The van der Waals surface area contributed by atoms with Gasteiger partial charge in [-0.2, -0.15) is 12.1 Å². The molecule has 0 N–H and O–H groups in total. The van der Waals surface area contributed by atoms with Crippen LogP contribution < -0.4 is 0 Å². The number of aromatic nitrogens is 10. The van der Waals surface area contributed by atoms with Crippen LogP contribution in [0.25, 0.3) is 202 Å². The fourth-order valence-electron chi connectivity index (χ4n) is 21.4. The molecule has 6 heterocycles. The van der Waals surface area contributed by atoms with E-state index in [-0.39, 0.29) is 87.6 Å². The first kappa shape index (κ1) is 101. The largest absolute Gasteiger partial charge is 3.00 e. The Labute approximate surface area is 899 Å². The average molecular weight is 2280 g/mol. The number of hydrogen-bond donors (Lipinski definition) is 0. The zero-order valence-electron chi connectivity index (χ0n) is 86.6. The summed E-state index contributed by atoms with van der Waals surface area (Å²) in [6.07, 6.45) is 19.8. The van der Waals surface area contributed by atoms with Crippen molar-refractivity contribution in [2.45, 2.75) is 158 Å². The summed E-state index contributed by atoms with van der Waals surface area (Å²) in [5, 5.41) is 0. The predicted octanol–water partition coefficient (Wildman–Crippen LogP) is 35.7. The van der Waals surface area contributed by atoms with E-state index in [1.165, 1.54) is 67.3 Å². The minimum absolute atomic E-state index is 0. The minimum Gasteiger partial charge on any atom is -0.357 e. The van der Waals surface area contributed by atoms with Gasteiger partial charge in [-0.25, -0.2) is 12.1 Å². The minimum atomic E-state index is 0. The van der Waals surface area contributed by atoms with Gasteiger partial charge in [0.25, 0.3) is 0 Å². The Morgan fingerprint density at radius 2 is 0.419 bits per heavy atom. The molecule has 0 fully saturated rings. The number of benzene rings is 15. The molecule has 12 heteroatoms. The molecular weight excluding hydrogens is 2160 g/mol. The summed E-state index contributed by atoms with van der Waals surface area (Å²) < 4.78 is 9.08. The maximum Gasteiger partial charge on any atom is 3.00 e. The van der Waals surface area contributed by atoms with Gasteiger partial charge in [-0.3, -0.25) is 19.9 Å². The molecule has 0 amide bonds. The van der Waals surface area contributed by atoms with E-state index in [0.717, 1.165) is 168 Å². The van der Waals surface area contributed by atoms with E-state index in [1.807, 2.05) is 43.1 Å². The van der Waals surface area contributed by atoms with E-state index in [4.69, 9.17) is 29.9 Å². The maximum atomic E-state index is 5.31. The summed E-state index contributed by atoms with van der Waals surface area (Å²) in [6, 6.07) is 138. The molecule has 6 aromatic heterocycles. The van der Waals surface area contributed by atoms with Crippen molar-refractivity contribution >= 4 is 0 Å². The van der Waals surface area contributed by atoms with Crippen molar-refractivity contribution < 1.29 is 40.2 Å². The number of pyridine rings is 2. The number of rotatable bonds is 28. The normalized spacial score (nSPS) is 11.6. The van der Waals surface area contributed by atoms with Gasteiger partial charge in [-0.1, -0.05) is 354 Å². The van der Waals surface area contributed by atoms with Crippen molar-refractivity contribution in [3.63, 3.8) is 0 Å². The van der Waals surface area contributed by atoms with Gasteiger partial charge in [0, 0.05) is 72.3 Å². The van der Waals surface area contributed by atoms with Gasteiger partial charge in [0.1, 0.15) is 0 Å². The Balaban J connectivity index is 0.00000689. The monoisotopic (exact) mass is 2280 g/mol. The van der Waals surface area contributed by atoms with E-state index >= 15 is 0 Å². The van der Waals surface area contributed by atoms with E-state index in [0.29, 0.717) is 11.4 Å². The van der Waals surface area contributed by atoms with Crippen molar-refractivity contribution in [2.24, 2.45) is 0 Å². The van der Waals surface area contributed by atoms with Crippen molar-refractivity contribution in [3.8, 4) is 202 Å². The Hall–Kier alpha value is -15.3. The molecule has 0 aliphatic rings. The first-order valence-corrected chi connectivity index (χ1v) is 51.4. The Morgan fingerprint density at radius 3 is 0.635 bits per heavy atom. The van der Waals surface area contributed by atoms with Crippen LogP contribution >= 0.6 is 0 Å². The van der Waals surface area contributed by atoms with Gasteiger partial charge in [-0.15, -0.1) is 137 Å². The molecule has 730 valence electrons. The molecule has 10 nitrogen and oxygen atoms in total. The molecule has 0 saturated carbocycles. The molecule has 0 bridgehead atoms. The second kappa shape index (κ2) is 43.8. The molecule has 0 saturated heterocycles. The Kier molecular flexibility index (Phi) is 30.0. The van der Waals surface area contributed by atoms with Crippen LogP contribution in [-0.4, -0.2) is 48.2 Å². The first-order chi connectivity index (χ1) is 71.1. The van der Waals surface area contributed by atoms with Crippen LogP contribution in [0.15, 0.2) is 377 Å². The van der Waals surface area contributed by atoms with E-state index < -0.39 is 0 Å². The van der Waals surface area contributed by atoms with Crippen LogP contribution in [0.4, 0.5) is 0 Å². The second-order valence-corrected chi connectivity index (χ2v) is 40.8.